The number of amides is 1. The van der Waals surface area contributed by atoms with Crippen molar-refractivity contribution in [2.45, 2.75) is 27.3 Å². The van der Waals surface area contributed by atoms with Gasteiger partial charge in [0.25, 0.3) is 5.91 Å². The van der Waals surface area contributed by atoms with Crippen LogP contribution in [0.4, 0.5) is 11.4 Å². The summed E-state index contributed by atoms with van der Waals surface area (Å²) in [5.74, 6) is -0.0419. The Morgan fingerprint density at radius 2 is 1.95 bits per heavy atom. The van der Waals surface area contributed by atoms with Crippen molar-refractivity contribution in [3.63, 3.8) is 0 Å². The predicted octanol–water partition coefficient (Wildman–Crippen LogP) is 2.46. The molecule has 2 rings (SSSR count). The normalized spacial score (nSPS) is 10.6. The van der Waals surface area contributed by atoms with Crippen LogP contribution in [-0.4, -0.2) is 22.2 Å². The Morgan fingerprint density at radius 3 is 2.50 bits per heavy atom. The summed E-state index contributed by atoms with van der Waals surface area (Å²) in [5.41, 5.74) is 8.68. The van der Waals surface area contributed by atoms with E-state index in [0.717, 1.165) is 11.4 Å². The van der Waals surface area contributed by atoms with Gasteiger partial charge in [0.05, 0.1) is 5.69 Å². The molecular formula is C15H20N4O. The van der Waals surface area contributed by atoms with E-state index >= 15 is 0 Å². The smallest absolute Gasteiger partial charge is 0.276 e. The van der Waals surface area contributed by atoms with Crippen molar-refractivity contribution in [1.29, 1.82) is 0 Å². The second-order valence-electron chi connectivity index (χ2n) is 4.63. The van der Waals surface area contributed by atoms with E-state index in [1.807, 2.05) is 39.0 Å². The van der Waals surface area contributed by atoms with Crippen LogP contribution in [0, 0.1) is 6.92 Å². The average Bonchev–Trinajstić information content (AvgIpc) is 2.82. The van der Waals surface area contributed by atoms with E-state index in [2.05, 4.69) is 5.10 Å². The van der Waals surface area contributed by atoms with Crippen molar-refractivity contribution in [1.82, 2.24) is 9.78 Å². The standard InChI is InChI=1S/C15H20N4O/c1-4-18(13-8-6-12(16)7-9-13)15(20)14-10-11(3)17-19(14)5-2/h6-10H,4-5,16H2,1-3H3. The first-order valence-corrected chi connectivity index (χ1v) is 6.78. The molecule has 1 amide bonds. The number of carbonyl (C=O) groups is 1. The molecule has 0 unspecified atom stereocenters. The van der Waals surface area contributed by atoms with E-state index in [4.69, 9.17) is 5.73 Å². The summed E-state index contributed by atoms with van der Waals surface area (Å²) in [6.45, 7) is 7.09. The molecule has 2 aromatic rings. The van der Waals surface area contributed by atoms with Crippen molar-refractivity contribution in [2.75, 3.05) is 17.2 Å². The first kappa shape index (κ1) is 14.1. The highest BCUT2D eigenvalue weighted by atomic mass is 16.2. The third-order valence-corrected chi connectivity index (χ3v) is 3.19. The van der Waals surface area contributed by atoms with Gasteiger partial charge in [0.1, 0.15) is 5.69 Å². The van der Waals surface area contributed by atoms with Crippen LogP contribution in [0.2, 0.25) is 0 Å². The zero-order valence-electron chi connectivity index (χ0n) is 12.1. The molecule has 0 saturated carbocycles. The Hall–Kier alpha value is -2.30. The van der Waals surface area contributed by atoms with Crippen LogP contribution in [-0.2, 0) is 6.54 Å². The Morgan fingerprint density at radius 1 is 1.30 bits per heavy atom. The zero-order chi connectivity index (χ0) is 14.7. The molecule has 1 aromatic heterocycles. The number of carbonyl (C=O) groups excluding carboxylic acids is 1. The molecule has 20 heavy (non-hydrogen) atoms. The second kappa shape index (κ2) is 5.77. The number of aromatic nitrogens is 2. The molecule has 0 spiro atoms. The molecule has 0 aliphatic carbocycles. The molecule has 0 bridgehead atoms. The minimum atomic E-state index is -0.0419. The molecule has 5 heteroatoms. The van der Waals surface area contributed by atoms with Crippen LogP contribution in [0.1, 0.15) is 30.0 Å². The Balaban J connectivity index is 2.36. The molecule has 106 valence electrons. The third-order valence-electron chi connectivity index (χ3n) is 3.19. The highest BCUT2D eigenvalue weighted by Gasteiger charge is 2.20. The molecule has 0 saturated heterocycles. The quantitative estimate of drug-likeness (QED) is 0.869. The number of anilines is 2. The van der Waals surface area contributed by atoms with Crippen LogP contribution in [0.5, 0.6) is 0 Å². The van der Waals surface area contributed by atoms with Crippen molar-refractivity contribution in [2.24, 2.45) is 0 Å². The number of hydrogen-bond acceptors (Lipinski definition) is 3. The lowest BCUT2D eigenvalue weighted by Crippen LogP contribution is -2.32. The molecule has 0 atom stereocenters. The fraction of sp³-hybridized carbons (Fsp3) is 0.333. The average molecular weight is 272 g/mol. The lowest BCUT2D eigenvalue weighted by Gasteiger charge is -2.21. The van der Waals surface area contributed by atoms with Crippen molar-refractivity contribution >= 4 is 17.3 Å². The topological polar surface area (TPSA) is 64.2 Å². The minimum Gasteiger partial charge on any atom is -0.399 e. The largest absolute Gasteiger partial charge is 0.399 e. The summed E-state index contributed by atoms with van der Waals surface area (Å²) in [6.07, 6.45) is 0. The minimum absolute atomic E-state index is 0.0419. The van der Waals surface area contributed by atoms with Gasteiger partial charge in [-0.05, 0) is 51.1 Å². The maximum Gasteiger partial charge on any atom is 0.276 e. The maximum absolute atomic E-state index is 12.7. The lowest BCUT2D eigenvalue weighted by molar-refractivity contribution is 0.0978. The number of aryl methyl sites for hydroxylation is 2. The summed E-state index contributed by atoms with van der Waals surface area (Å²) in [7, 11) is 0. The summed E-state index contributed by atoms with van der Waals surface area (Å²) in [5, 5.41) is 4.32. The third kappa shape index (κ3) is 2.66. The van der Waals surface area contributed by atoms with Crippen LogP contribution in [0.3, 0.4) is 0 Å². The van der Waals surface area contributed by atoms with Gasteiger partial charge in [0.2, 0.25) is 0 Å². The number of hydrogen-bond donors (Lipinski definition) is 1. The first-order chi connectivity index (χ1) is 9.56. The molecule has 0 fully saturated rings. The summed E-state index contributed by atoms with van der Waals surface area (Å²) in [4.78, 5) is 14.4. The highest BCUT2D eigenvalue weighted by molar-refractivity contribution is 6.05. The summed E-state index contributed by atoms with van der Waals surface area (Å²) in [6, 6.07) is 9.14. The van der Waals surface area contributed by atoms with Crippen LogP contribution < -0.4 is 10.6 Å². The van der Waals surface area contributed by atoms with Gasteiger partial charge in [-0.3, -0.25) is 9.48 Å². The molecule has 2 N–H and O–H groups in total. The molecule has 0 aliphatic heterocycles. The van der Waals surface area contributed by atoms with Crippen LogP contribution in [0.25, 0.3) is 0 Å². The van der Waals surface area contributed by atoms with Gasteiger partial charge in [-0.1, -0.05) is 0 Å². The van der Waals surface area contributed by atoms with E-state index in [0.29, 0.717) is 24.5 Å². The molecule has 1 aromatic carbocycles. The van der Waals surface area contributed by atoms with E-state index in [1.54, 1.807) is 21.7 Å². The summed E-state index contributed by atoms with van der Waals surface area (Å²) < 4.78 is 1.73. The van der Waals surface area contributed by atoms with Gasteiger partial charge in [-0.2, -0.15) is 5.10 Å². The van der Waals surface area contributed by atoms with Gasteiger partial charge in [0.15, 0.2) is 0 Å². The van der Waals surface area contributed by atoms with E-state index < -0.39 is 0 Å². The van der Waals surface area contributed by atoms with Crippen molar-refractivity contribution in [3.8, 4) is 0 Å². The maximum atomic E-state index is 12.7. The van der Waals surface area contributed by atoms with E-state index in [9.17, 15) is 4.79 Å². The van der Waals surface area contributed by atoms with Crippen LogP contribution in [0.15, 0.2) is 30.3 Å². The Bertz CT molecular complexity index is 601. The highest BCUT2D eigenvalue weighted by Crippen LogP contribution is 2.19. The van der Waals surface area contributed by atoms with Gasteiger partial charge >= 0.3 is 0 Å². The summed E-state index contributed by atoms with van der Waals surface area (Å²) >= 11 is 0. The molecule has 0 aliphatic rings. The predicted molar refractivity (Wildman–Crippen MR) is 80.8 cm³/mol. The van der Waals surface area contributed by atoms with Gasteiger partial charge in [-0.25, -0.2) is 0 Å². The number of benzene rings is 1. The number of nitrogens with two attached hydrogens (primary N) is 1. The monoisotopic (exact) mass is 272 g/mol. The first-order valence-electron chi connectivity index (χ1n) is 6.78. The number of rotatable bonds is 4. The van der Waals surface area contributed by atoms with Gasteiger partial charge < -0.3 is 10.6 Å². The molecule has 1 heterocycles. The Kier molecular flexibility index (Phi) is 4.08. The fourth-order valence-corrected chi connectivity index (χ4v) is 2.19. The van der Waals surface area contributed by atoms with Gasteiger partial charge in [0, 0.05) is 24.5 Å². The SMILES string of the molecule is CCN(C(=O)c1cc(C)nn1CC)c1ccc(N)cc1. The number of nitrogen functional groups attached to an aromatic ring is 1. The lowest BCUT2D eigenvalue weighted by atomic mass is 10.2. The van der Waals surface area contributed by atoms with Crippen LogP contribution >= 0.6 is 0 Å². The number of nitrogens with zero attached hydrogens (tertiary/aromatic N) is 3. The van der Waals surface area contributed by atoms with E-state index in [1.165, 1.54) is 0 Å². The van der Waals surface area contributed by atoms with E-state index in [-0.39, 0.29) is 5.91 Å². The second-order valence-corrected chi connectivity index (χ2v) is 4.63. The molecule has 5 nitrogen and oxygen atoms in total. The Labute approximate surface area is 119 Å². The zero-order valence-corrected chi connectivity index (χ0v) is 12.1. The van der Waals surface area contributed by atoms with Crippen molar-refractivity contribution < 1.29 is 4.79 Å². The van der Waals surface area contributed by atoms with Gasteiger partial charge in [-0.15, -0.1) is 0 Å². The fourth-order valence-electron chi connectivity index (χ4n) is 2.19. The molecular weight excluding hydrogens is 252 g/mol. The van der Waals surface area contributed by atoms with Crippen molar-refractivity contribution in [3.05, 3.63) is 41.7 Å². The molecule has 0 radical (unpaired) electrons.